The van der Waals surface area contributed by atoms with Crippen LogP contribution in [0.5, 0.6) is 5.75 Å². The van der Waals surface area contributed by atoms with E-state index in [9.17, 15) is 18.8 Å². The van der Waals surface area contributed by atoms with Crippen LogP contribution in [-0.2, 0) is 31.1 Å². The van der Waals surface area contributed by atoms with Gasteiger partial charge in [0.05, 0.1) is 10.8 Å². The molecule has 2 unspecified atom stereocenters. The minimum absolute atomic E-state index is 0.0512. The molecule has 41 heavy (non-hydrogen) atoms. The molecule has 0 radical (unpaired) electrons. The molecule has 0 aromatic heterocycles. The highest BCUT2D eigenvalue weighted by Gasteiger charge is 2.31. The van der Waals surface area contributed by atoms with Crippen LogP contribution in [0.3, 0.4) is 0 Å². The predicted octanol–water partition coefficient (Wildman–Crippen LogP) is 4.67. The van der Waals surface area contributed by atoms with E-state index in [4.69, 9.17) is 43.3 Å². The Labute approximate surface area is 243 Å². The molecule has 1 aliphatic rings. The average Bonchev–Trinajstić information content (AvgIpc) is 3.22. The van der Waals surface area contributed by atoms with E-state index in [1.54, 1.807) is 60.7 Å². The Hall–Kier alpha value is -3.53. The van der Waals surface area contributed by atoms with Crippen LogP contribution >= 0.6 is 23.4 Å². The number of esters is 1. The van der Waals surface area contributed by atoms with E-state index in [0.29, 0.717) is 17.2 Å². The Balaban J connectivity index is 0.000000850. The molecule has 15 heteroatoms. The normalized spacial score (nSPS) is 15.4. The van der Waals surface area contributed by atoms with Crippen LogP contribution in [0.15, 0.2) is 72.8 Å². The molecule has 0 saturated carbocycles. The Morgan fingerprint density at radius 2 is 1.73 bits per heavy atom. The Morgan fingerprint density at radius 3 is 2.34 bits per heavy atom. The van der Waals surface area contributed by atoms with Gasteiger partial charge in [-0.25, -0.2) is 9.18 Å². The van der Waals surface area contributed by atoms with Gasteiger partial charge in [0.1, 0.15) is 24.3 Å². The highest BCUT2D eigenvalue weighted by Crippen LogP contribution is 2.26. The van der Waals surface area contributed by atoms with Gasteiger partial charge in [0, 0.05) is 10.6 Å². The lowest BCUT2D eigenvalue weighted by atomic mass is 10.1. The molecule has 11 nitrogen and oxygen atoms in total. The van der Waals surface area contributed by atoms with Gasteiger partial charge < -0.3 is 14.2 Å². The van der Waals surface area contributed by atoms with Gasteiger partial charge in [-0.2, -0.15) is 8.42 Å². The average molecular weight is 628 g/mol. The van der Waals surface area contributed by atoms with E-state index in [1.165, 1.54) is 12.1 Å². The number of hydrogen-bond donors (Lipinski definition) is 3. The number of carbonyl (C=O) groups excluding carboxylic acids is 3. The molecule has 1 saturated heterocycles. The van der Waals surface area contributed by atoms with Crippen molar-refractivity contribution in [2.24, 2.45) is 0 Å². The van der Waals surface area contributed by atoms with Crippen LogP contribution in [0.4, 0.5) is 9.18 Å². The number of halogens is 2. The molecule has 1 aliphatic heterocycles. The van der Waals surface area contributed by atoms with Crippen LogP contribution in [0.1, 0.15) is 27.6 Å². The lowest BCUT2D eigenvalue weighted by Crippen LogP contribution is -2.25. The van der Waals surface area contributed by atoms with Crippen molar-refractivity contribution in [2.75, 3.05) is 13.4 Å². The first kappa shape index (κ1) is 32.0. The number of rotatable bonds is 10. The number of nitrogens with one attached hydrogen (secondary N) is 1. The third-order valence-corrected chi connectivity index (χ3v) is 6.50. The van der Waals surface area contributed by atoms with Crippen molar-refractivity contribution >= 4 is 50.9 Å². The fourth-order valence-electron chi connectivity index (χ4n) is 3.47. The largest absolute Gasteiger partial charge is 0.491 e. The lowest BCUT2D eigenvalue weighted by Gasteiger charge is -2.19. The van der Waals surface area contributed by atoms with E-state index in [-0.39, 0.29) is 28.9 Å². The van der Waals surface area contributed by atoms with Gasteiger partial charge in [0.15, 0.2) is 6.79 Å². The van der Waals surface area contributed by atoms with Gasteiger partial charge in [0.2, 0.25) is 5.91 Å². The van der Waals surface area contributed by atoms with Gasteiger partial charge in [-0.15, -0.1) is 0 Å². The summed E-state index contributed by atoms with van der Waals surface area (Å²) in [4.78, 5) is 35.3. The van der Waals surface area contributed by atoms with Gasteiger partial charge in [-0.3, -0.25) is 24.0 Å². The number of amides is 2. The quantitative estimate of drug-likeness (QED) is 0.162. The zero-order chi connectivity index (χ0) is 30.0. The maximum Gasteiger partial charge on any atom is 0.394 e. The third-order valence-electron chi connectivity index (χ3n) is 5.28. The highest BCUT2D eigenvalue weighted by molar-refractivity contribution is 8.15. The van der Waals surface area contributed by atoms with Gasteiger partial charge in [0.25, 0.3) is 5.24 Å². The SMILES string of the molecule is O=C1NC(=O)C(Cc2ccc(OCC(OCOC(=O)c3cccc(Cl)c3)c3ccccc3F)cc2)S1.O=S(=O)(O)O. The standard InChI is InChI=1S/C26H21ClFNO6S.H2O4S/c27-18-5-3-4-17(13-18)25(31)35-15-34-22(20-6-1-2-7-21(20)28)14-33-19-10-8-16(9-11-19)12-23-24(30)29-26(32)36-23;1-5(2,3)4/h1-11,13,22-23H,12,14-15H2,(H,29,30,32);(H2,1,2,3,4). The second-order valence-corrected chi connectivity index (χ2v) is 10.7. The summed E-state index contributed by atoms with van der Waals surface area (Å²) in [5, 5.41) is 1.86. The van der Waals surface area contributed by atoms with Crippen molar-refractivity contribution in [3.63, 3.8) is 0 Å². The second kappa shape index (κ2) is 14.9. The zero-order valence-corrected chi connectivity index (χ0v) is 23.3. The van der Waals surface area contributed by atoms with Gasteiger partial charge in [-0.1, -0.05) is 59.8 Å². The molecule has 0 bridgehead atoms. The molecule has 2 amide bonds. The fraction of sp³-hybridized carbons (Fsp3) is 0.192. The van der Waals surface area contributed by atoms with E-state index in [0.717, 1.165) is 17.3 Å². The molecule has 1 heterocycles. The van der Waals surface area contributed by atoms with E-state index in [2.05, 4.69) is 5.32 Å². The van der Waals surface area contributed by atoms with E-state index < -0.39 is 40.3 Å². The smallest absolute Gasteiger partial charge is 0.394 e. The summed E-state index contributed by atoms with van der Waals surface area (Å²) >= 11 is 6.87. The van der Waals surface area contributed by atoms with Crippen molar-refractivity contribution in [3.05, 3.63) is 100 Å². The van der Waals surface area contributed by atoms with E-state index in [1.807, 2.05) is 0 Å². The van der Waals surface area contributed by atoms with Crippen LogP contribution < -0.4 is 10.1 Å². The number of ether oxygens (including phenoxy) is 3. The Bertz CT molecular complexity index is 1480. The third kappa shape index (κ3) is 11.1. The molecule has 2 atom stereocenters. The van der Waals surface area contributed by atoms with Crippen LogP contribution in [0.25, 0.3) is 0 Å². The van der Waals surface area contributed by atoms with Crippen LogP contribution in [0, 0.1) is 5.82 Å². The lowest BCUT2D eigenvalue weighted by molar-refractivity contribution is -0.118. The molecule has 3 N–H and O–H groups in total. The van der Waals surface area contributed by atoms with Crippen molar-refractivity contribution in [2.45, 2.75) is 17.8 Å². The highest BCUT2D eigenvalue weighted by atomic mass is 35.5. The molecule has 218 valence electrons. The minimum atomic E-state index is -4.67. The summed E-state index contributed by atoms with van der Waals surface area (Å²) in [6, 6.07) is 19.4. The van der Waals surface area contributed by atoms with Gasteiger partial charge in [-0.05, 0) is 48.4 Å². The molecule has 0 aliphatic carbocycles. The van der Waals surface area contributed by atoms with Crippen LogP contribution in [-0.4, -0.2) is 53.3 Å². The summed E-state index contributed by atoms with van der Waals surface area (Å²) in [6.45, 7) is -0.475. The monoisotopic (exact) mass is 627 g/mol. The first-order valence-electron chi connectivity index (χ1n) is 11.6. The fourth-order valence-corrected chi connectivity index (χ4v) is 4.52. The van der Waals surface area contributed by atoms with Crippen molar-refractivity contribution in [3.8, 4) is 5.75 Å². The second-order valence-electron chi connectivity index (χ2n) is 8.23. The summed E-state index contributed by atoms with van der Waals surface area (Å²) in [7, 11) is -4.67. The summed E-state index contributed by atoms with van der Waals surface area (Å²) in [5.41, 5.74) is 1.38. The summed E-state index contributed by atoms with van der Waals surface area (Å²) in [6.07, 6.45) is -0.454. The predicted molar refractivity (Wildman–Crippen MR) is 147 cm³/mol. The maximum absolute atomic E-state index is 14.4. The molecule has 1 fully saturated rings. The first-order valence-corrected chi connectivity index (χ1v) is 14.3. The first-order chi connectivity index (χ1) is 19.4. The molecular formula is C26H23ClFNO10S2. The summed E-state index contributed by atoms with van der Waals surface area (Å²) < 4.78 is 62.7. The zero-order valence-electron chi connectivity index (χ0n) is 20.9. The van der Waals surface area contributed by atoms with Crippen molar-refractivity contribution < 1.29 is 50.5 Å². The molecule has 3 aromatic carbocycles. The Morgan fingerprint density at radius 1 is 1.05 bits per heavy atom. The molecule has 4 rings (SSSR count). The number of benzene rings is 3. The number of carbonyl (C=O) groups is 3. The molecule has 0 spiro atoms. The van der Waals surface area contributed by atoms with Crippen LogP contribution in [0.2, 0.25) is 5.02 Å². The topological polar surface area (TPSA) is 166 Å². The van der Waals surface area contributed by atoms with E-state index >= 15 is 0 Å². The molecular weight excluding hydrogens is 605 g/mol. The van der Waals surface area contributed by atoms with Gasteiger partial charge >= 0.3 is 16.4 Å². The molecule has 3 aromatic rings. The minimum Gasteiger partial charge on any atom is -0.491 e. The van der Waals surface area contributed by atoms with Crippen molar-refractivity contribution in [1.29, 1.82) is 0 Å². The number of imide groups is 1. The Kier molecular flexibility index (Phi) is 11.6. The summed E-state index contributed by atoms with van der Waals surface area (Å²) in [5.74, 6) is -0.910. The number of hydrogen-bond acceptors (Lipinski definition) is 9. The van der Waals surface area contributed by atoms with Crippen molar-refractivity contribution in [1.82, 2.24) is 5.32 Å². The maximum atomic E-state index is 14.4. The number of thioether (sulfide) groups is 1.